The number of nitrogens with zero attached hydrogens (tertiary/aromatic N) is 2. The van der Waals surface area contributed by atoms with Gasteiger partial charge >= 0.3 is 0 Å². The van der Waals surface area contributed by atoms with E-state index in [1.165, 1.54) is 16.9 Å². The van der Waals surface area contributed by atoms with E-state index in [9.17, 15) is 4.79 Å². The van der Waals surface area contributed by atoms with Crippen LogP contribution in [0.15, 0.2) is 66.7 Å². The van der Waals surface area contributed by atoms with Gasteiger partial charge in [-0.2, -0.15) is 0 Å². The van der Waals surface area contributed by atoms with Crippen LogP contribution in [0, 0.1) is 13.8 Å². The van der Waals surface area contributed by atoms with E-state index in [-0.39, 0.29) is 5.91 Å². The van der Waals surface area contributed by atoms with Gasteiger partial charge in [-0.05, 0) is 60.9 Å². The molecule has 0 fully saturated rings. The Morgan fingerprint density at radius 2 is 1.79 bits per heavy atom. The summed E-state index contributed by atoms with van der Waals surface area (Å²) < 4.78 is 0.966. The van der Waals surface area contributed by atoms with E-state index in [0.29, 0.717) is 22.3 Å². The van der Waals surface area contributed by atoms with Crippen LogP contribution in [-0.4, -0.2) is 10.9 Å². The molecule has 0 spiro atoms. The van der Waals surface area contributed by atoms with Crippen molar-refractivity contribution in [2.24, 2.45) is 0 Å². The first kappa shape index (κ1) is 18.7. The Balaban J connectivity index is 1.78. The van der Waals surface area contributed by atoms with Crippen molar-refractivity contribution in [1.29, 1.82) is 0 Å². The molecular weight excluding hydrogens is 388 g/mol. The summed E-state index contributed by atoms with van der Waals surface area (Å²) in [6.07, 6.45) is 0. The van der Waals surface area contributed by atoms with Crippen LogP contribution in [0.5, 0.6) is 0 Å². The number of amides is 1. The minimum atomic E-state index is -0.0582. The normalized spacial score (nSPS) is 11.0. The Labute approximate surface area is 173 Å². The van der Waals surface area contributed by atoms with Crippen LogP contribution in [0.2, 0.25) is 5.02 Å². The highest BCUT2D eigenvalue weighted by Crippen LogP contribution is 2.32. The predicted octanol–water partition coefficient (Wildman–Crippen LogP) is 6.41. The quantitative estimate of drug-likeness (QED) is 0.392. The number of rotatable bonds is 4. The Morgan fingerprint density at radius 3 is 2.54 bits per heavy atom. The van der Waals surface area contributed by atoms with Crippen LogP contribution >= 0.6 is 22.9 Å². The number of hydrogen-bond acceptors (Lipinski definition) is 3. The molecule has 0 aliphatic heterocycles. The molecule has 1 aromatic heterocycles. The van der Waals surface area contributed by atoms with E-state index in [1.54, 1.807) is 4.90 Å². The molecule has 4 aromatic rings. The van der Waals surface area contributed by atoms with Gasteiger partial charge < -0.3 is 0 Å². The summed E-state index contributed by atoms with van der Waals surface area (Å²) in [5.41, 5.74) is 4.83. The first-order valence-electron chi connectivity index (χ1n) is 9.00. The minimum absolute atomic E-state index is 0.0582. The molecule has 0 bridgehead atoms. The zero-order valence-corrected chi connectivity index (χ0v) is 17.2. The minimum Gasteiger partial charge on any atom is -0.279 e. The lowest BCUT2D eigenvalue weighted by Gasteiger charge is -2.20. The lowest BCUT2D eigenvalue weighted by Crippen LogP contribution is -2.30. The molecule has 0 saturated heterocycles. The molecule has 0 aliphatic carbocycles. The molecule has 0 atom stereocenters. The smallest absolute Gasteiger partial charge is 0.260 e. The molecule has 1 amide bonds. The molecule has 3 nitrogen and oxygen atoms in total. The maximum atomic E-state index is 13.4. The number of halogens is 1. The lowest BCUT2D eigenvalue weighted by molar-refractivity contribution is 0.0985. The van der Waals surface area contributed by atoms with Gasteiger partial charge in [-0.25, -0.2) is 4.98 Å². The number of carbonyl (C=O) groups excluding carboxylic acids is 1. The van der Waals surface area contributed by atoms with Crippen molar-refractivity contribution in [3.8, 4) is 0 Å². The molecule has 5 heteroatoms. The van der Waals surface area contributed by atoms with E-state index >= 15 is 0 Å². The van der Waals surface area contributed by atoms with Crippen LogP contribution in [-0.2, 0) is 6.54 Å². The number of aromatic nitrogens is 1. The van der Waals surface area contributed by atoms with Gasteiger partial charge in [-0.3, -0.25) is 9.69 Å². The van der Waals surface area contributed by atoms with Crippen molar-refractivity contribution < 1.29 is 4.79 Å². The van der Waals surface area contributed by atoms with Gasteiger partial charge in [0.15, 0.2) is 5.13 Å². The first-order valence-corrected chi connectivity index (χ1v) is 10.2. The molecule has 3 aromatic carbocycles. The van der Waals surface area contributed by atoms with Crippen LogP contribution in [0.3, 0.4) is 0 Å². The maximum Gasteiger partial charge on any atom is 0.260 e. The number of aryl methyl sites for hydroxylation is 2. The summed E-state index contributed by atoms with van der Waals surface area (Å²) in [6.45, 7) is 4.52. The molecule has 0 N–H and O–H groups in total. The topological polar surface area (TPSA) is 33.2 Å². The molecule has 28 heavy (non-hydrogen) atoms. The highest BCUT2D eigenvalue weighted by molar-refractivity contribution is 7.22. The number of thiazole rings is 1. The van der Waals surface area contributed by atoms with E-state index in [0.717, 1.165) is 21.3 Å². The largest absolute Gasteiger partial charge is 0.279 e. The third-order valence-electron chi connectivity index (χ3n) is 4.75. The number of benzene rings is 3. The van der Waals surface area contributed by atoms with Gasteiger partial charge in [0.05, 0.1) is 16.8 Å². The summed E-state index contributed by atoms with van der Waals surface area (Å²) in [5.74, 6) is -0.0582. The van der Waals surface area contributed by atoms with Gasteiger partial charge in [0, 0.05) is 10.6 Å². The molecule has 140 valence electrons. The van der Waals surface area contributed by atoms with Crippen molar-refractivity contribution in [2.75, 3.05) is 4.90 Å². The number of anilines is 1. The van der Waals surface area contributed by atoms with Crippen molar-refractivity contribution in [3.05, 3.63) is 94.0 Å². The Bertz CT molecular complexity index is 1150. The summed E-state index contributed by atoms with van der Waals surface area (Å²) in [5, 5.41) is 1.34. The summed E-state index contributed by atoms with van der Waals surface area (Å²) in [4.78, 5) is 19.9. The number of fused-ring (bicyclic) bond motifs is 1. The monoisotopic (exact) mass is 406 g/mol. The fourth-order valence-electron chi connectivity index (χ4n) is 3.02. The lowest BCUT2D eigenvalue weighted by atomic mass is 10.1. The average Bonchev–Trinajstić information content (AvgIpc) is 3.11. The SMILES string of the molecule is Cc1ccc(C(=O)N(Cc2ccccc2)c2nc3ccc(Cl)cc3s2)cc1C. The van der Waals surface area contributed by atoms with Gasteiger partial charge in [0.1, 0.15) is 0 Å². The van der Waals surface area contributed by atoms with Crippen LogP contribution in [0.1, 0.15) is 27.0 Å². The molecule has 1 heterocycles. The molecular formula is C23H19ClN2OS. The second kappa shape index (κ2) is 7.74. The van der Waals surface area contributed by atoms with Crippen molar-refractivity contribution in [1.82, 2.24) is 4.98 Å². The van der Waals surface area contributed by atoms with Crippen molar-refractivity contribution in [3.63, 3.8) is 0 Å². The van der Waals surface area contributed by atoms with Crippen molar-refractivity contribution in [2.45, 2.75) is 20.4 Å². The highest BCUT2D eigenvalue weighted by atomic mass is 35.5. The third-order valence-corrected chi connectivity index (χ3v) is 6.03. The van der Waals surface area contributed by atoms with E-state index < -0.39 is 0 Å². The Kier molecular flexibility index (Phi) is 5.16. The standard InChI is InChI=1S/C23H19ClN2OS/c1-15-8-9-18(12-16(15)2)22(27)26(14-17-6-4-3-5-7-17)23-25-20-11-10-19(24)13-21(20)28-23/h3-13H,14H2,1-2H3. The summed E-state index contributed by atoms with van der Waals surface area (Å²) >= 11 is 7.60. The van der Waals surface area contributed by atoms with Gasteiger partial charge in [-0.15, -0.1) is 0 Å². The molecule has 0 saturated carbocycles. The zero-order valence-electron chi connectivity index (χ0n) is 15.6. The van der Waals surface area contributed by atoms with E-state index in [4.69, 9.17) is 16.6 Å². The molecule has 4 rings (SSSR count). The average molecular weight is 407 g/mol. The maximum absolute atomic E-state index is 13.4. The van der Waals surface area contributed by atoms with Crippen molar-refractivity contribution >= 4 is 44.2 Å². The second-order valence-electron chi connectivity index (χ2n) is 6.78. The number of hydrogen-bond donors (Lipinski definition) is 0. The van der Waals surface area contributed by atoms with Gasteiger partial charge in [0.25, 0.3) is 5.91 Å². The summed E-state index contributed by atoms with van der Waals surface area (Å²) in [6, 6.07) is 21.4. The first-order chi connectivity index (χ1) is 13.5. The van der Waals surface area contributed by atoms with Crippen LogP contribution in [0.25, 0.3) is 10.2 Å². The van der Waals surface area contributed by atoms with Crippen LogP contribution in [0.4, 0.5) is 5.13 Å². The summed E-state index contributed by atoms with van der Waals surface area (Å²) in [7, 11) is 0. The van der Waals surface area contributed by atoms with Gasteiger partial charge in [0.2, 0.25) is 0 Å². The van der Waals surface area contributed by atoms with E-state index in [2.05, 4.69) is 0 Å². The molecule has 0 unspecified atom stereocenters. The fraction of sp³-hybridized carbons (Fsp3) is 0.130. The highest BCUT2D eigenvalue weighted by Gasteiger charge is 2.22. The van der Waals surface area contributed by atoms with Gasteiger partial charge in [-0.1, -0.05) is 59.3 Å². The third kappa shape index (κ3) is 3.79. The molecule has 0 aliphatic rings. The predicted molar refractivity (Wildman–Crippen MR) is 118 cm³/mol. The molecule has 0 radical (unpaired) electrons. The van der Waals surface area contributed by atoms with E-state index in [1.807, 2.05) is 80.6 Å². The zero-order chi connectivity index (χ0) is 19.7. The Hall–Kier alpha value is -2.69. The van der Waals surface area contributed by atoms with Crippen LogP contribution < -0.4 is 4.90 Å². The number of carbonyl (C=O) groups is 1. The second-order valence-corrected chi connectivity index (χ2v) is 8.23. The Morgan fingerprint density at radius 1 is 1.00 bits per heavy atom. The fourth-order valence-corrected chi connectivity index (χ4v) is 4.26.